The molecule has 10 heteroatoms. The van der Waals surface area contributed by atoms with Gasteiger partial charge in [-0.05, 0) is 30.7 Å². The summed E-state index contributed by atoms with van der Waals surface area (Å²) >= 11 is 6.44. The van der Waals surface area contributed by atoms with Crippen LogP contribution in [-0.4, -0.2) is 79.1 Å². The zero-order valence-electron chi connectivity index (χ0n) is 20.4. The first-order valence-electron chi connectivity index (χ1n) is 11.9. The number of para-hydroxylation sites is 1. The molecule has 2 N–H and O–H groups in total. The molecule has 2 aromatic rings. The highest BCUT2D eigenvalue weighted by Gasteiger charge is 2.38. The highest BCUT2D eigenvalue weighted by molar-refractivity contribution is 6.31. The van der Waals surface area contributed by atoms with Crippen LogP contribution in [0.15, 0.2) is 65.9 Å². The van der Waals surface area contributed by atoms with Crippen LogP contribution in [0.2, 0.25) is 5.02 Å². The van der Waals surface area contributed by atoms with Crippen LogP contribution in [0.5, 0.6) is 0 Å². The number of anilines is 1. The van der Waals surface area contributed by atoms with Crippen molar-refractivity contribution in [1.29, 1.82) is 0 Å². The van der Waals surface area contributed by atoms with Gasteiger partial charge in [-0.2, -0.15) is 0 Å². The van der Waals surface area contributed by atoms with Crippen LogP contribution in [0.3, 0.4) is 0 Å². The van der Waals surface area contributed by atoms with Crippen molar-refractivity contribution >= 4 is 35.3 Å². The predicted octanol–water partition coefficient (Wildman–Crippen LogP) is 3.70. The summed E-state index contributed by atoms with van der Waals surface area (Å²) < 4.78 is 5.38. The van der Waals surface area contributed by atoms with Crippen molar-refractivity contribution in [1.82, 2.24) is 20.0 Å². The van der Waals surface area contributed by atoms with E-state index in [2.05, 4.69) is 15.5 Å². The Hall–Kier alpha value is -3.56. The predicted molar refractivity (Wildman–Crippen MR) is 138 cm³/mol. The van der Waals surface area contributed by atoms with Crippen molar-refractivity contribution in [2.45, 2.75) is 13.0 Å². The van der Waals surface area contributed by atoms with E-state index in [0.29, 0.717) is 54.6 Å². The summed E-state index contributed by atoms with van der Waals surface area (Å²) in [5, 5.41) is 6.25. The molecule has 4 rings (SSSR count). The Balaban J connectivity index is 1.53. The van der Waals surface area contributed by atoms with Gasteiger partial charge in [-0.15, -0.1) is 0 Å². The Morgan fingerprint density at radius 3 is 2.39 bits per heavy atom. The minimum Gasteiger partial charge on any atom is -0.463 e. The van der Waals surface area contributed by atoms with E-state index in [4.69, 9.17) is 16.3 Å². The third kappa shape index (κ3) is 5.63. The number of esters is 1. The van der Waals surface area contributed by atoms with E-state index in [1.54, 1.807) is 37.1 Å². The van der Waals surface area contributed by atoms with Gasteiger partial charge in [0.1, 0.15) is 0 Å². The zero-order chi connectivity index (χ0) is 25.7. The SMILES string of the molecule is CCOC(=O)C1=C(CN2CCN(C(=O)Nc3ccccc3)CC2)N(C)C(=O)N[C@@H]1c1ccccc1Cl. The minimum absolute atomic E-state index is 0.153. The normalized spacial score (nSPS) is 18.6. The van der Waals surface area contributed by atoms with Crippen LogP contribution in [0.1, 0.15) is 18.5 Å². The average Bonchev–Trinajstić information content (AvgIpc) is 2.88. The van der Waals surface area contributed by atoms with Crippen LogP contribution in [0, 0.1) is 0 Å². The smallest absolute Gasteiger partial charge is 0.338 e. The summed E-state index contributed by atoms with van der Waals surface area (Å²) in [5.41, 5.74) is 2.29. The van der Waals surface area contributed by atoms with E-state index in [1.807, 2.05) is 36.4 Å². The number of carbonyl (C=O) groups is 3. The van der Waals surface area contributed by atoms with E-state index in [1.165, 1.54) is 4.90 Å². The number of amides is 4. The highest BCUT2D eigenvalue weighted by atomic mass is 35.5. The van der Waals surface area contributed by atoms with Gasteiger partial charge < -0.3 is 20.3 Å². The summed E-state index contributed by atoms with van der Waals surface area (Å²) in [5.74, 6) is -0.495. The molecule has 0 spiro atoms. The monoisotopic (exact) mass is 511 g/mol. The zero-order valence-corrected chi connectivity index (χ0v) is 21.1. The van der Waals surface area contributed by atoms with Gasteiger partial charge in [0.25, 0.3) is 0 Å². The molecule has 2 aromatic carbocycles. The van der Waals surface area contributed by atoms with Crippen molar-refractivity contribution in [2.75, 3.05) is 51.7 Å². The Kier molecular flexibility index (Phi) is 8.12. The van der Waals surface area contributed by atoms with Crippen LogP contribution in [0.25, 0.3) is 0 Å². The number of nitrogens with one attached hydrogen (secondary N) is 2. The molecule has 1 atom stereocenters. The van der Waals surface area contributed by atoms with Gasteiger partial charge in [0.05, 0.1) is 18.2 Å². The Labute approximate surface area is 215 Å². The molecule has 1 saturated heterocycles. The second kappa shape index (κ2) is 11.5. The van der Waals surface area contributed by atoms with Gasteiger partial charge in [-0.25, -0.2) is 14.4 Å². The molecule has 190 valence electrons. The number of nitrogens with zero attached hydrogens (tertiary/aromatic N) is 3. The number of benzene rings is 2. The molecule has 2 aliphatic heterocycles. The molecule has 2 heterocycles. The lowest BCUT2D eigenvalue weighted by molar-refractivity contribution is -0.139. The molecule has 4 amide bonds. The fourth-order valence-corrected chi connectivity index (χ4v) is 4.63. The molecular weight excluding hydrogens is 482 g/mol. The largest absolute Gasteiger partial charge is 0.463 e. The Morgan fingerprint density at radius 2 is 1.72 bits per heavy atom. The van der Waals surface area contributed by atoms with Crippen molar-refractivity contribution < 1.29 is 19.1 Å². The summed E-state index contributed by atoms with van der Waals surface area (Å²) in [6.07, 6.45) is 0. The topological polar surface area (TPSA) is 94.2 Å². The number of halogens is 1. The van der Waals surface area contributed by atoms with Gasteiger partial charge >= 0.3 is 18.0 Å². The first-order chi connectivity index (χ1) is 17.4. The summed E-state index contributed by atoms with van der Waals surface area (Å²) in [6, 6.07) is 15.2. The Bertz CT molecular complexity index is 1150. The second-order valence-electron chi connectivity index (χ2n) is 8.60. The van der Waals surface area contributed by atoms with E-state index < -0.39 is 12.0 Å². The summed E-state index contributed by atoms with van der Waals surface area (Å²) in [4.78, 5) is 44.0. The number of rotatable bonds is 6. The van der Waals surface area contributed by atoms with Gasteiger partial charge in [-0.3, -0.25) is 9.80 Å². The Morgan fingerprint density at radius 1 is 1.06 bits per heavy atom. The molecule has 9 nitrogen and oxygen atoms in total. The molecule has 0 saturated carbocycles. The highest BCUT2D eigenvalue weighted by Crippen LogP contribution is 2.34. The number of hydrogen-bond donors (Lipinski definition) is 2. The van der Waals surface area contributed by atoms with E-state index in [0.717, 1.165) is 5.69 Å². The van der Waals surface area contributed by atoms with Crippen molar-refractivity contribution in [3.8, 4) is 0 Å². The first-order valence-corrected chi connectivity index (χ1v) is 12.3. The molecule has 2 aliphatic rings. The van der Waals surface area contributed by atoms with Crippen molar-refractivity contribution in [3.05, 3.63) is 76.5 Å². The molecule has 36 heavy (non-hydrogen) atoms. The van der Waals surface area contributed by atoms with E-state index in [9.17, 15) is 14.4 Å². The van der Waals surface area contributed by atoms with Crippen molar-refractivity contribution in [2.24, 2.45) is 0 Å². The number of hydrogen-bond acceptors (Lipinski definition) is 5. The standard InChI is InChI=1S/C26H30ClN5O4/c1-3-36-24(33)22-21(30(2)25(34)29-23(22)19-11-7-8-12-20(19)27)17-31-13-15-32(16-14-31)26(35)28-18-9-5-4-6-10-18/h4-12,23H,3,13-17H2,1-2H3,(H,28,35)(H,29,34)/t23-/m1/s1. The molecule has 0 radical (unpaired) electrons. The maximum absolute atomic E-state index is 13.1. The van der Waals surface area contributed by atoms with Gasteiger partial charge in [0.15, 0.2) is 0 Å². The van der Waals surface area contributed by atoms with Crippen LogP contribution >= 0.6 is 11.6 Å². The van der Waals surface area contributed by atoms with E-state index >= 15 is 0 Å². The number of urea groups is 2. The number of ether oxygens (including phenoxy) is 1. The van der Waals surface area contributed by atoms with Crippen LogP contribution in [0.4, 0.5) is 15.3 Å². The molecule has 1 fully saturated rings. The molecular formula is C26H30ClN5O4. The number of likely N-dealkylation sites (N-methyl/N-ethyl adjacent to an activating group) is 1. The fourth-order valence-electron chi connectivity index (χ4n) is 4.39. The lowest BCUT2D eigenvalue weighted by atomic mass is 9.94. The molecule has 0 aliphatic carbocycles. The van der Waals surface area contributed by atoms with E-state index in [-0.39, 0.29) is 18.7 Å². The third-order valence-electron chi connectivity index (χ3n) is 6.35. The number of carbonyl (C=O) groups excluding carboxylic acids is 3. The lowest BCUT2D eigenvalue weighted by Crippen LogP contribution is -2.53. The maximum Gasteiger partial charge on any atom is 0.338 e. The van der Waals surface area contributed by atoms with Crippen LogP contribution in [-0.2, 0) is 9.53 Å². The fraction of sp³-hybridized carbons (Fsp3) is 0.346. The second-order valence-corrected chi connectivity index (χ2v) is 9.01. The molecule has 0 aromatic heterocycles. The summed E-state index contributed by atoms with van der Waals surface area (Å²) in [7, 11) is 1.64. The van der Waals surface area contributed by atoms with Gasteiger partial charge in [0.2, 0.25) is 0 Å². The quantitative estimate of drug-likeness (QED) is 0.577. The molecule has 0 unspecified atom stereocenters. The molecule has 0 bridgehead atoms. The van der Waals surface area contributed by atoms with Gasteiger partial charge in [-0.1, -0.05) is 48.0 Å². The van der Waals surface area contributed by atoms with Crippen molar-refractivity contribution in [3.63, 3.8) is 0 Å². The average molecular weight is 512 g/mol. The number of piperazine rings is 1. The first kappa shape index (κ1) is 25.5. The third-order valence-corrected chi connectivity index (χ3v) is 6.69. The minimum atomic E-state index is -0.727. The maximum atomic E-state index is 13.1. The lowest BCUT2D eigenvalue weighted by Gasteiger charge is -2.39. The van der Waals surface area contributed by atoms with Gasteiger partial charge in [0, 0.05) is 56.2 Å². The van der Waals surface area contributed by atoms with Crippen LogP contribution < -0.4 is 10.6 Å². The summed E-state index contributed by atoms with van der Waals surface area (Å²) in [6.45, 7) is 4.52.